The van der Waals surface area contributed by atoms with Gasteiger partial charge in [0.25, 0.3) is 11.8 Å². The highest BCUT2D eigenvalue weighted by Gasteiger charge is 2.44. The number of carbonyl (C=O) groups excluding carboxylic acids is 8. The molecule has 1 unspecified atom stereocenters. The van der Waals surface area contributed by atoms with E-state index >= 15 is 0 Å². The van der Waals surface area contributed by atoms with Crippen molar-refractivity contribution in [3.63, 3.8) is 0 Å². The molecule has 1 aromatic carbocycles. The van der Waals surface area contributed by atoms with E-state index in [-0.39, 0.29) is 62.7 Å². The molecule has 2 heterocycles. The van der Waals surface area contributed by atoms with Crippen LogP contribution in [0.5, 0.6) is 0 Å². The van der Waals surface area contributed by atoms with Gasteiger partial charge in [0.2, 0.25) is 29.5 Å². The van der Waals surface area contributed by atoms with Crippen LogP contribution >= 0.6 is 0 Å². The van der Waals surface area contributed by atoms with E-state index < -0.39 is 102 Å². The summed E-state index contributed by atoms with van der Waals surface area (Å²) in [6.45, 7) is 13.1. The summed E-state index contributed by atoms with van der Waals surface area (Å²) in [6.07, 6.45) is -0.155. The molecule has 0 bridgehead atoms. The number of likely N-dealkylation sites (N-methyl/N-ethyl adjacent to an activating group) is 2. The lowest BCUT2D eigenvalue weighted by Gasteiger charge is -2.41. The van der Waals surface area contributed by atoms with Gasteiger partial charge in [0.1, 0.15) is 18.1 Å². The molecule has 0 aliphatic carbocycles. The maximum Gasteiger partial charge on any atom is 0.333 e. The average Bonchev–Trinajstić information content (AvgIpc) is 3.90. The van der Waals surface area contributed by atoms with Gasteiger partial charge in [0, 0.05) is 67.0 Å². The van der Waals surface area contributed by atoms with Crippen molar-refractivity contribution >= 4 is 53.3 Å². The predicted molar refractivity (Wildman–Crippen MR) is 245 cm³/mol. The first-order valence-corrected chi connectivity index (χ1v) is 23.4. The number of hydrogen-bond acceptors (Lipinski definition) is 12. The summed E-state index contributed by atoms with van der Waals surface area (Å²) in [5.41, 5.74) is 0.753. The van der Waals surface area contributed by atoms with E-state index in [9.17, 15) is 48.3 Å². The minimum absolute atomic E-state index is 0.0366. The number of hydroxylamine groups is 2. The molecule has 3 rings (SSSR count). The molecule has 2 saturated heterocycles. The number of nitrogens with one attached hydrogen (secondary N) is 2. The van der Waals surface area contributed by atoms with Crippen LogP contribution in [0, 0.1) is 23.7 Å². The number of benzene rings is 1. The number of ether oxygens (including phenoxy) is 2. The van der Waals surface area contributed by atoms with Gasteiger partial charge in [-0.05, 0) is 42.6 Å². The highest BCUT2D eigenvalue weighted by Crippen LogP contribution is 2.30. The highest BCUT2D eigenvalue weighted by atomic mass is 16.7. The van der Waals surface area contributed by atoms with Crippen molar-refractivity contribution in [1.29, 1.82) is 0 Å². The van der Waals surface area contributed by atoms with Crippen LogP contribution in [0.3, 0.4) is 0 Å². The van der Waals surface area contributed by atoms with Gasteiger partial charge >= 0.3 is 11.9 Å². The standard InChI is InChI=1S/C48H74N6O13/c1-12-30(6)43(35(65-10)27-39(58)53-25-17-20-34(53)44(66-11)31(7)45(60)49-33(48(63)64)26-32-18-14-13-15-19-32)52(9)47(62)41(28(2)3)50-46(61)42(29(4)5)51(8)36(55)21-16-22-40(59)67-54-37(56)23-24-38(54)57/h13-15,18-19,28-31,33-35,41-44H,12,16-17,20-27H2,1-11H3,(H,49,60)(H,50,61)(H,63,64)/t30-,31+,33-,34-,35?,41-,42-,43-,44+/m0/s1. The average molecular weight is 943 g/mol. The minimum atomic E-state index is -1.17. The van der Waals surface area contributed by atoms with Crippen LogP contribution < -0.4 is 10.6 Å². The number of likely N-dealkylation sites (tertiary alicyclic amines) is 1. The van der Waals surface area contributed by atoms with Crippen molar-refractivity contribution in [2.75, 3.05) is 34.9 Å². The largest absolute Gasteiger partial charge is 0.480 e. The number of carboxylic acids is 1. The van der Waals surface area contributed by atoms with Gasteiger partial charge in [0.15, 0.2) is 0 Å². The van der Waals surface area contributed by atoms with Crippen molar-refractivity contribution < 1.29 is 62.6 Å². The van der Waals surface area contributed by atoms with Crippen molar-refractivity contribution in [3.8, 4) is 0 Å². The third-order valence-electron chi connectivity index (χ3n) is 13.1. The summed E-state index contributed by atoms with van der Waals surface area (Å²) in [4.78, 5) is 127. The molecule has 2 aliphatic heterocycles. The summed E-state index contributed by atoms with van der Waals surface area (Å²) in [7, 11) is 6.03. The zero-order valence-corrected chi connectivity index (χ0v) is 41.2. The van der Waals surface area contributed by atoms with Gasteiger partial charge in [-0.2, -0.15) is 0 Å². The Labute approximate surface area is 394 Å². The van der Waals surface area contributed by atoms with Crippen molar-refractivity contribution in [2.24, 2.45) is 23.7 Å². The third kappa shape index (κ3) is 15.0. The Bertz CT molecular complexity index is 1880. The van der Waals surface area contributed by atoms with E-state index in [0.29, 0.717) is 30.9 Å². The van der Waals surface area contributed by atoms with Crippen LogP contribution in [-0.4, -0.2) is 155 Å². The number of amides is 7. The van der Waals surface area contributed by atoms with Crippen LogP contribution in [0.15, 0.2) is 30.3 Å². The number of nitrogens with zero attached hydrogens (tertiary/aromatic N) is 4. The van der Waals surface area contributed by atoms with E-state index in [0.717, 1.165) is 5.56 Å². The van der Waals surface area contributed by atoms with Crippen LogP contribution in [0.4, 0.5) is 0 Å². The number of imide groups is 1. The maximum absolute atomic E-state index is 14.5. The molecule has 1 aromatic rings. The van der Waals surface area contributed by atoms with E-state index in [2.05, 4.69) is 10.6 Å². The summed E-state index contributed by atoms with van der Waals surface area (Å²) < 4.78 is 11.9. The fourth-order valence-corrected chi connectivity index (χ4v) is 9.08. The van der Waals surface area contributed by atoms with E-state index in [4.69, 9.17) is 14.3 Å². The van der Waals surface area contributed by atoms with Gasteiger partial charge in [-0.15, -0.1) is 5.06 Å². The molecule has 374 valence electrons. The van der Waals surface area contributed by atoms with Crippen LogP contribution in [0.25, 0.3) is 0 Å². The lowest BCUT2D eigenvalue weighted by atomic mass is 9.89. The second kappa shape index (κ2) is 26.2. The monoisotopic (exact) mass is 943 g/mol. The molecule has 0 saturated carbocycles. The Morgan fingerprint density at radius 3 is 2.00 bits per heavy atom. The predicted octanol–water partition coefficient (Wildman–Crippen LogP) is 3.12. The summed E-state index contributed by atoms with van der Waals surface area (Å²) >= 11 is 0. The van der Waals surface area contributed by atoms with Crippen LogP contribution in [0.2, 0.25) is 0 Å². The minimum Gasteiger partial charge on any atom is -0.480 e. The second-order valence-electron chi connectivity index (χ2n) is 18.5. The molecule has 19 heteroatoms. The molecule has 9 atom stereocenters. The van der Waals surface area contributed by atoms with E-state index in [1.165, 1.54) is 31.1 Å². The topological polar surface area (TPSA) is 239 Å². The van der Waals surface area contributed by atoms with Crippen molar-refractivity contribution in [1.82, 2.24) is 30.4 Å². The zero-order valence-electron chi connectivity index (χ0n) is 41.2. The smallest absolute Gasteiger partial charge is 0.333 e. The van der Waals surface area contributed by atoms with Gasteiger partial charge in [0.05, 0.1) is 36.6 Å². The Balaban J connectivity index is 1.72. The molecule has 7 amide bonds. The molecule has 67 heavy (non-hydrogen) atoms. The normalized spacial score (nSPS) is 18.7. The van der Waals surface area contributed by atoms with Crippen molar-refractivity contribution in [2.45, 2.75) is 155 Å². The molecule has 2 aliphatic rings. The number of hydrogen-bond donors (Lipinski definition) is 3. The maximum atomic E-state index is 14.5. The Hall–Kier alpha value is -5.43. The van der Waals surface area contributed by atoms with Gasteiger partial charge < -0.3 is 44.8 Å². The first-order chi connectivity index (χ1) is 31.6. The number of carbonyl (C=O) groups is 9. The van der Waals surface area contributed by atoms with Gasteiger partial charge in [-0.1, -0.05) is 85.2 Å². The lowest BCUT2D eigenvalue weighted by molar-refractivity contribution is -0.197. The van der Waals surface area contributed by atoms with E-state index in [1.807, 2.05) is 19.9 Å². The summed E-state index contributed by atoms with van der Waals surface area (Å²) in [6, 6.07) is 4.68. The molecule has 0 radical (unpaired) electrons. The molecule has 19 nitrogen and oxygen atoms in total. The zero-order chi connectivity index (χ0) is 50.3. The Kier molecular flexibility index (Phi) is 21.9. The van der Waals surface area contributed by atoms with Gasteiger partial charge in [-0.3, -0.25) is 33.6 Å². The lowest BCUT2D eigenvalue weighted by Crippen LogP contribution is -2.60. The highest BCUT2D eigenvalue weighted by molar-refractivity contribution is 6.01. The first-order valence-electron chi connectivity index (χ1n) is 23.4. The molecular formula is C48H74N6O13. The van der Waals surface area contributed by atoms with Crippen molar-refractivity contribution in [3.05, 3.63) is 35.9 Å². The Morgan fingerprint density at radius 1 is 0.836 bits per heavy atom. The Morgan fingerprint density at radius 2 is 1.46 bits per heavy atom. The third-order valence-corrected chi connectivity index (χ3v) is 13.1. The first kappa shape index (κ1) is 55.9. The van der Waals surface area contributed by atoms with Crippen LogP contribution in [-0.2, 0) is 63.9 Å². The molecular weight excluding hydrogens is 869 g/mol. The summed E-state index contributed by atoms with van der Waals surface area (Å²) in [5.74, 6) is -7.18. The quantitative estimate of drug-likeness (QED) is 0.113. The van der Waals surface area contributed by atoms with E-state index in [1.54, 1.807) is 70.8 Å². The molecule has 0 spiro atoms. The number of rotatable bonds is 26. The SMILES string of the molecule is CC[C@H](C)[C@@H](C(CC(=O)N1CCC[C@H]1[C@H](OC)[C@@H](C)C(=O)N[C@@H](Cc1ccccc1)C(=O)O)OC)N(C)C(=O)[C@@H](NC(=O)[C@H](C(C)C)N(C)C(=O)CCCC(=O)ON1C(=O)CCC1=O)C(C)C. The molecule has 3 N–H and O–H groups in total. The summed E-state index contributed by atoms with van der Waals surface area (Å²) in [5, 5.41) is 15.9. The fourth-order valence-electron chi connectivity index (χ4n) is 9.08. The van der Waals surface area contributed by atoms with Crippen LogP contribution in [0.1, 0.15) is 112 Å². The molecule has 2 fully saturated rings. The number of carboxylic acid groups (broad SMARTS) is 1. The molecule has 0 aromatic heterocycles. The van der Waals surface area contributed by atoms with Gasteiger partial charge in [-0.25, -0.2) is 9.59 Å². The second-order valence-corrected chi connectivity index (χ2v) is 18.5. The number of aliphatic carboxylic acids is 1. The fraction of sp³-hybridized carbons (Fsp3) is 0.688. The number of methoxy groups -OCH3 is 2.